The number of likely N-dealkylation sites (N-methyl/N-ethyl adjacent to an activating group) is 1. The molecule has 0 spiro atoms. The highest BCUT2D eigenvalue weighted by Crippen LogP contribution is 2.56. The number of nitrogens with zero attached hydrogens (tertiary/aromatic N) is 1. The van der Waals surface area contributed by atoms with Gasteiger partial charge in [-0.15, -0.1) is 0 Å². The van der Waals surface area contributed by atoms with Crippen molar-refractivity contribution in [2.24, 2.45) is 28.9 Å². The van der Waals surface area contributed by atoms with Gasteiger partial charge in [0.05, 0.1) is 18.7 Å². The molecular formula is C31H42ClN3O6. The predicted octanol–water partition coefficient (Wildman–Crippen LogP) is 3.38. The first-order chi connectivity index (χ1) is 19.4. The summed E-state index contributed by atoms with van der Waals surface area (Å²) in [6, 6.07) is 0.919. The molecule has 1 amide bonds. The number of fused-ring (bicyclic) bond motifs is 3. The third kappa shape index (κ3) is 4.60. The molecule has 4 aliphatic carbocycles. The molecule has 1 aromatic rings. The van der Waals surface area contributed by atoms with Crippen LogP contribution in [0.3, 0.4) is 0 Å². The Morgan fingerprint density at radius 3 is 2.51 bits per heavy atom. The molecule has 41 heavy (non-hydrogen) atoms. The van der Waals surface area contributed by atoms with Gasteiger partial charge in [-0.25, -0.2) is 0 Å². The van der Waals surface area contributed by atoms with Crippen molar-refractivity contribution in [2.75, 3.05) is 34.9 Å². The van der Waals surface area contributed by atoms with Gasteiger partial charge in [-0.3, -0.25) is 19.3 Å². The number of phenolic OH excluding ortho intramolecular Hbond substituents is 1. The quantitative estimate of drug-likeness (QED) is 0.375. The van der Waals surface area contributed by atoms with E-state index < -0.39 is 29.4 Å². The molecule has 0 aliphatic heterocycles. The summed E-state index contributed by atoms with van der Waals surface area (Å²) >= 11 is 6.96. The van der Waals surface area contributed by atoms with E-state index in [4.69, 9.17) is 26.8 Å². The largest absolute Gasteiger partial charge is 0.507 e. The van der Waals surface area contributed by atoms with Crippen molar-refractivity contribution >= 4 is 29.1 Å². The van der Waals surface area contributed by atoms with E-state index in [2.05, 4.69) is 12.2 Å². The smallest absolute Gasteiger partial charge is 0.228 e. The fourth-order valence-electron chi connectivity index (χ4n) is 8.08. The van der Waals surface area contributed by atoms with Crippen molar-refractivity contribution in [1.29, 1.82) is 0 Å². The molecule has 9 nitrogen and oxygen atoms in total. The number of nitrogens with two attached hydrogens (primary N) is 1. The second-order valence-corrected chi connectivity index (χ2v) is 13.0. The number of ether oxygens (including phenoxy) is 2. The molecule has 224 valence electrons. The van der Waals surface area contributed by atoms with Crippen molar-refractivity contribution in [2.45, 2.75) is 70.1 Å². The number of Topliss-reactive ketones (excluding diaryl/α,β-unsaturated/α-hetero) is 2. The van der Waals surface area contributed by atoms with Crippen LogP contribution in [0, 0.1) is 23.2 Å². The summed E-state index contributed by atoms with van der Waals surface area (Å²) in [6.45, 7) is 3.60. The first kappa shape index (κ1) is 30.0. The maximum atomic E-state index is 14.2. The lowest BCUT2D eigenvalue weighted by molar-refractivity contribution is -0.164. The Morgan fingerprint density at radius 1 is 1.27 bits per heavy atom. The van der Waals surface area contributed by atoms with Crippen LogP contribution >= 0.6 is 11.6 Å². The third-order valence-corrected chi connectivity index (χ3v) is 11.0. The zero-order valence-corrected chi connectivity index (χ0v) is 25.4. The molecule has 4 aliphatic rings. The molecule has 2 saturated carbocycles. The van der Waals surface area contributed by atoms with Crippen molar-refractivity contribution < 1.29 is 29.0 Å². The molecule has 0 radical (unpaired) electrons. The lowest BCUT2D eigenvalue weighted by Gasteiger charge is -2.54. The van der Waals surface area contributed by atoms with Gasteiger partial charge in [0.15, 0.2) is 11.6 Å². The number of allylic oxidation sites excluding steroid dienone is 1. The molecule has 0 bridgehead atoms. The molecule has 4 N–H and O–H groups in total. The standard InChI is InChI=1S/C31H42ClN3O6/c1-6-30(8-7-9-30)15-34-14-17-12-21(36)23-18(24(17)32)10-16-11-20-25(35(2)3)26(37)19(29(33)39)13-31(20,41-5)28(40-4)22(16)27(23)38/h12,16,19-20,25,34,36H,6-11,13-15H2,1-5H3,(H2,33,39). The number of benzene rings is 1. The van der Waals surface area contributed by atoms with Gasteiger partial charge in [0.2, 0.25) is 5.91 Å². The molecule has 5 rings (SSSR count). The van der Waals surface area contributed by atoms with E-state index in [9.17, 15) is 19.5 Å². The van der Waals surface area contributed by atoms with E-state index in [1.165, 1.54) is 33.5 Å². The number of amides is 1. The van der Waals surface area contributed by atoms with Crippen LogP contribution in [-0.4, -0.2) is 74.0 Å². The Bertz CT molecular complexity index is 1300. The fourth-order valence-corrected chi connectivity index (χ4v) is 8.37. The summed E-state index contributed by atoms with van der Waals surface area (Å²) in [5.41, 5.74) is 6.76. The normalized spacial score (nSPS) is 30.4. The van der Waals surface area contributed by atoms with Crippen LogP contribution in [0.25, 0.3) is 0 Å². The van der Waals surface area contributed by atoms with E-state index in [1.54, 1.807) is 25.1 Å². The third-order valence-electron chi connectivity index (χ3n) is 10.5. The number of carbonyl (C=O) groups is 3. The highest BCUT2D eigenvalue weighted by Gasteiger charge is 2.62. The van der Waals surface area contributed by atoms with E-state index in [1.807, 2.05) is 0 Å². The summed E-state index contributed by atoms with van der Waals surface area (Å²) in [6.07, 6.45) is 5.65. The second kappa shape index (κ2) is 11.0. The average molecular weight is 588 g/mol. The maximum absolute atomic E-state index is 14.2. The Balaban J connectivity index is 1.56. The van der Waals surface area contributed by atoms with Gasteiger partial charge >= 0.3 is 0 Å². The molecule has 10 heteroatoms. The zero-order chi connectivity index (χ0) is 29.9. The van der Waals surface area contributed by atoms with Gasteiger partial charge in [-0.2, -0.15) is 0 Å². The minimum Gasteiger partial charge on any atom is -0.507 e. The first-order valence-electron chi connectivity index (χ1n) is 14.6. The number of hydrogen-bond acceptors (Lipinski definition) is 8. The predicted molar refractivity (Wildman–Crippen MR) is 155 cm³/mol. The number of phenols is 1. The average Bonchev–Trinajstić information content (AvgIpc) is 2.90. The van der Waals surface area contributed by atoms with Crippen LogP contribution in [0.4, 0.5) is 0 Å². The van der Waals surface area contributed by atoms with Crippen LogP contribution in [0.1, 0.15) is 66.9 Å². The summed E-state index contributed by atoms with van der Waals surface area (Å²) in [7, 11) is 6.56. The van der Waals surface area contributed by atoms with E-state index in [0.29, 0.717) is 46.7 Å². The summed E-state index contributed by atoms with van der Waals surface area (Å²) in [5, 5.41) is 15.2. The minimum atomic E-state index is -1.21. The number of rotatable bonds is 9. The van der Waals surface area contributed by atoms with Gasteiger partial charge in [-0.05, 0) is 74.7 Å². The molecule has 2 fully saturated rings. The first-order valence-corrected chi connectivity index (χ1v) is 14.9. The van der Waals surface area contributed by atoms with Gasteiger partial charge in [-0.1, -0.05) is 24.9 Å². The van der Waals surface area contributed by atoms with Gasteiger partial charge in [0, 0.05) is 43.1 Å². The van der Waals surface area contributed by atoms with Crippen LogP contribution in [0.2, 0.25) is 5.02 Å². The minimum absolute atomic E-state index is 0.0111. The molecule has 5 atom stereocenters. The molecule has 5 unspecified atom stereocenters. The monoisotopic (exact) mass is 587 g/mol. The van der Waals surface area contributed by atoms with Crippen molar-refractivity contribution in [3.8, 4) is 5.75 Å². The molecule has 1 aromatic carbocycles. The Morgan fingerprint density at radius 2 is 1.98 bits per heavy atom. The number of aromatic hydroxyl groups is 1. The fraction of sp³-hybridized carbons (Fsp3) is 0.645. The van der Waals surface area contributed by atoms with Crippen LogP contribution in [0.15, 0.2) is 17.4 Å². The Labute approximate surface area is 246 Å². The van der Waals surface area contributed by atoms with E-state index in [-0.39, 0.29) is 35.2 Å². The van der Waals surface area contributed by atoms with Crippen molar-refractivity contribution in [3.05, 3.63) is 39.1 Å². The lowest BCUT2D eigenvalue weighted by Crippen LogP contribution is -2.65. The number of carbonyl (C=O) groups excluding carboxylic acids is 3. The van der Waals surface area contributed by atoms with Crippen LogP contribution in [-0.2, 0) is 32.0 Å². The summed E-state index contributed by atoms with van der Waals surface area (Å²) in [4.78, 5) is 41.9. The van der Waals surface area contributed by atoms with Crippen LogP contribution in [0.5, 0.6) is 5.75 Å². The lowest BCUT2D eigenvalue weighted by atomic mass is 9.56. The van der Waals surface area contributed by atoms with Crippen LogP contribution < -0.4 is 11.1 Å². The van der Waals surface area contributed by atoms with Crippen molar-refractivity contribution in [3.63, 3.8) is 0 Å². The Hall–Kier alpha value is -2.46. The Kier molecular flexibility index (Phi) is 8.04. The number of halogens is 1. The number of hydrogen-bond donors (Lipinski definition) is 3. The maximum Gasteiger partial charge on any atom is 0.228 e. The molecule has 0 aromatic heterocycles. The number of ketones is 2. The second-order valence-electron chi connectivity index (χ2n) is 12.6. The topological polar surface area (TPSA) is 131 Å². The van der Waals surface area contributed by atoms with E-state index >= 15 is 0 Å². The number of nitrogens with one attached hydrogen (secondary N) is 1. The van der Waals surface area contributed by atoms with Crippen molar-refractivity contribution in [1.82, 2.24) is 10.2 Å². The summed E-state index contributed by atoms with van der Waals surface area (Å²) in [5.74, 6) is -2.95. The number of primary amides is 1. The number of methoxy groups -OCH3 is 2. The van der Waals surface area contributed by atoms with Gasteiger partial charge in [0.1, 0.15) is 23.0 Å². The van der Waals surface area contributed by atoms with Gasteiger partial charge < -0.3 is 25.6 Å². The zero-order valence-electron chi connectivity index (χ0n) is 24.6. The molecular weight excluding hydrogens is 546 g/mol. The van der Waals surface area contributed by atoms with Gasteiger partial charge in [0.25, 0.3) is 0 Å². The molecule has 0 saturated heterocycles. The van der Waals surface area contributed by atoms with E-state index in [0.717, 1.165) is 18.5 Å². The highest BCUT2D eigenvalue weighted by molar-refractivity contribution is 6.33. The SMILES string of the molecule is CCC1(CNCc2cc(O)c3c(c2Cl)CC2CC4C(N(C)C)C(=O)C(C(N)=O)CC4(OC)C(OC)=C2C3=O)CCC1. The summed E-state index contributed by atoms with van der Waals surface area (Å²) < 4.78 is 12.1. The molecule has 0 heterocycles. The highest BCUT2D eigenvalue weighted by atomic mass is 35.5.